The quantitative estimate of drug-likeness (QED) is 0.540. The minimum absolute atomic E-state index is 0.151. The van der Waals surface area contributed by atoms with Crippen LogP contribution in [0.2, 0.25) is 0 Å². The lowest BCUT2D eigenvalue weighted by Gasteiger charge is -2.12. The van der Waals surface area contributed by atoms with Crippen LogP contribution in [0.4, 0.5) is 0 Å². The molecule has 1 aromatic carbocycles. The molecular formula is C19H17N5O3. The maximum absolute atomic E-state index is 12.2. The number of aromatic nitrogens is 5. The Hall–Kier alpha value is -3.68. The van der Waals surface area contributed by atoms with Crippen molar-refractivity contribution in [2.45, 2.75) is 6.61 Å². The number of hydrogen-bond donors (Lipinski definition) is 0. The molecule has 0 unspecified atom stereocenters. The Bertz CT molecular complexity index is 1150. The van der Waals surface area contributed by atoms with Crippen LogP contribution in [0.1, 0.15) is 5.69 Å². The molecule has 4 aromatic rings. The topological polar surface area (TPSA) is 84.1 Å². The number of hydrogen-bond acceptors (Lipinski definition) is 6. The molecule has 0 aliphatic rings. The first-order valence-electron chi connectivity index (χ1n) is 8.28. The van der Waals surface area contributed by atoms with E-state index >= 15 is 0 Å². The summed E-state index contributed by atoms with van der Waals surface area (Å²) in [5.41, 5.74) is 2.05. The highest BCUT2D eigenvalue weighted by atomic mass is 16.5. The van der Waals surface area contributed by atoms with Crippen LogP contribution in [0.3, 0.4) is 0 Å². The number of methoxy groups -OCH3 is 1. The SMILES string of the molecule is COc1ccc2c(c1)c(OCc1cn(-c3cccnc3)nn1)cc(=O)n2C. The Labute approximate surface area is 154 Å². The highest BCUT2D eigenvalue weighted by Gasteiger charge is 2.11. The van der Waals surface area contributed by atoms with E-state index in [2.05, 4.69) is 15.3 Å². The summed E-state index contributed by atoms with van der Waals surface area (Å²) in [5, 5.41) is 8.98. The van der Waals surface area contributed by atoms with Gasteiger partial charge in [-0.1, -0.05) is 5.21 Å². The molecule has 0 aliphatic carbocycles. The van der Waals surface area contributed by atoms with Crippen molar-refractivity contribution in [3.05, 3.63) is 71.0 Å². The normalized spacial score (nSPS) is 10.9. The maximum atomic E-state index is 12.2. The van der Waals surface area contributed by atoms with Gasteiger partial charge in [-0.15, -0.1) is 5.10 Å². The Morgan fingerprint density at radius 2 is 2.07 bits per heavy atom. The second kappa shape index (κ2) is 6.91. The lowest BCUT2D eigenvalue weighted by atomic mass is 10.2. The van der Waals surface area contributed by atoms with Gasteiger partial charge in [0, 0.05) is 24.7 Å². The lowest BCUT2D eigenvalue weighted by Crippen LogP contribution is -2.16. The molecule has 0 spiro atoms. The first-order chi connectivity index (χ1) is 13.2. The fourth-order valence-corrected chi connectivity index (χ4v) is 2.79. The Kier molecular flexibility index (Phi) is 4.29. The second-order valence-electron chi connectivity index (χ2n) is 5.94. The molecule has 136 valence electrons. The molecule has 27 heavy (non-hydrogen) atoms. The van der Waals surface area contributed by atoms with Crippen LogP contribution in [-0.4, -0.2) is 31.7 Å². The molecule has 0 bridgehead atoms. The average molecular weight is 363 g/mol. The van der Waals surface area contributed by atoms with Gasteiger partial charge >= 0.3 is 0 Å². The molecule has 0 saturated heterocycles. The second-order valence-corrected chi connectivity index (χ2v) is 5.94. The van der Waals surface area contributed by atoms with Crippen LogP contribution in [0.5, 0.6) is 11.5 Å². The van der Waals surface area contributed by atoms with Crippen LogP contribution in [-0.2, 0) is 13.7 Å². The van der Waals surface area contributed by atoms with Crippen molar-refractivity contribution in [2.75, 3.05) is 7.11 Å². The number of ether oxygens (including phenoxy) is 2. The Balaban J connectivity index is 1.63. The molecule has 0 radical (unpaired) electrons. The van der Waals surface area contributed by atoms with Crippen LogP contribution in [0.15, 0.2) is 59.8 Å². The highest BCUT2D eigenvalue weighted by Crippen LogP contribution is 2.28. The molecule has 0 aliphatic heterocycles. The first kappa shape index (κ1) is 16.8. The van der Waals surface area contributed by atoms with Crippen LogP contribution in [0, 0.1) is 0 Å². The number of pyridine rings is 2. The van der Waals surface area contributed by atoms with Crippen molar-refractivity contribution >= 4 is 10.9 Å². The van der Waals surface area contributed by atoms with E-state index in [1.807, 2.05) is 30.3 Å². The van der Waals surface area contributed by atoms with Crippen molar-refractivity contribution in [3.63, 3.8) is 0 Å². The number of aryl methyl sites for hydroxylation is 1. The largest absolute Gasteiger partial charge is 0.497 e. The van der Waals surface area contributed by atoms with E-state index in [4.69, 9.17) is 9.47 Å². The minimum Gasteiger partial charge on any atom is -0.497 e. The van der Waals surface area contributed by atoms with E-state index in [0.29, 0.717) is 17.2 Å². The molecule has 3 aromatic heterocycles. The zero-order valence-electron chi connectivity index (χ0n) is 14.9. The smallest absolute Gasteiger partial charge is 0.254 e. The summed E-state index contributed by atoms with van der Waals surface area (Å²) in [6.45, 7) is 0.180. The number of fused-ring (bicyclic) bond motifs is 1. The standard InChI is InChI=1S/C19H17N5O3/c1-23-17-6-5-15(26-2)8-16(17)18(9-19(23)25)27-12-13-11-24(22-21-13)14-4-3-7-20-10-14/h3-11H,12H2,1-2H3. The lowest BCUT2D eigenvalue weighted by molar-refractivity contribution is 0.304. The van der Waals surface area contributed by atoms with Gasteiger partial charge in [-0.2, -0.15) is 0 Å². The van der Waals surface area contributed by atoms with Gasteiger partial charge in [0.15, 0.2) is 0 Å². The molecule has 8 nitrogen and oxygen atoms in total. The van der Waals surface area contributed by atoms with Crippen LogP contribution >= 0.6 is 0 Å². The van der Waals surface area contributed by atoms with Gasteiger partial charge in [-0.3, -0.25) is 9.78 Å². The van der Waals surface area contributed by atoms with Crippen molar-refractivity contribution in [1.29, 1.82) is 0 Å². The molecule has 8 heteroatoms. The summed E-state index contributed by atoms with van der Waals surface area (Å²) in [4.78, 5) is 16.3. The van der Waals surface area contributed by atoms with Gasteiger partial charge in [-0.05, 0) is 30.3 Å². The van der Waals surface area contributed by atoms with E-state index in [1.165, 1.54) is 6.07 Å². The third-order valence-corrected chi connectivity index (χ3v) is 4.24. The Morgan fingerprint density at radius 3 is 2.85 bits per heavy atom. The zero-order valence-corrected chi connectivity index (χ0v) is 14.9. The Morgan fingerprint density at radius 1 is 1.19 bits per heavy atom. The molecule has 0 fully saturated rings. The highest BCUT2D eigenvalue weighted by molar-refractivity contribution is 5.86. The number of benzene rings is 1. The van der Waals surface area contributed by atoms with Gasteiger partial charge in [0.2, 0.25) is 0 Å². The molecule has 0 amide bonds. The van der Waals surface area contributed by atoms with Gasteiger partial charge in [0.25, 0.3) is 5.56 Å². The van der Waals surface area contributed by atoms with Crippen molar-refractivity contribution in [2.24, 2.45) is 7.05 Å². The van der Waals surface area contributed by atoms with E-state index in [9.17, 15) is 4.79 Å². The average Bonchev–Trinajstić information content (AvgIpc) is 3.19. The molecule has 3 heterocycles. The van der Waals surface area contributed by atoms with Crippen molar-refractivity contribution in [3.8, 4) is 17.2 Å². The van der Waals surface area contributed by atoms with Gasteiger partial charge in [0.05, 0.1) is 30.7 Å². The summed E-state index contributed by atoms with van der Waals surface area (Å²) in [6.07, 6.45) is 5.15. The van der Waals surface area contributed by atoms with E-state index < -0.39 is 0 Å². The number of rotatable bonds is 5. The summed E-state index contributed by atoms with van der Waals surface area (Å²) in [7, 11) is 3.32. The fourth-order valence-electron chi connectivity index (χ4n) is 2.79. The third-order valence-electron chi connectivity index (χ3n) is 4.24. The first-order valence-corrected chi connectivity index (χ1v) is 8.28. The molecular weight excluding hydrogens is 346 g/mol. The predicted molar refractivity (Wildman–Crippen MR) is 99.2 cm³/mol. The minimum atomic E-state index is -0.151. The molecule has 4 rings (SSSR count). The van der Waals surface area contributed by atoms with E-state index in [1.54, 1.807) is 42.0 Å². The predicted octanol–water partition coefficient (Wildman–Crippen LogP) is 2.10. The summed E-state index contributed by atoms with van der Waals surface area (Å²) in [5.74, 6) is 1.16. The maximum Gasteiger partial charge on any atom is 0.254 e. The van der Waals surface area contributed by atoms with Gasteiger partial charge in [0.1, 0.15) is 23.8 Å². The van der Waals surface area contributed by atoms with Crippen LogP contribution < -0.4 is 15.0 Å². The van der Waals surface area contributed by atoms with E-state index in [0.717, 1.165) is 16.6 Å². The van der Waals surface area contributed by atoms with Gasteiger partial charge in [-0.25, -0.2) is 4.68 Å². The monoisotopic (exact) mass is 363 g/mol. The van der Waals surface area contributed by atoms with Crippen molar-refractivity contribution in [1.82, 2.24) is 24.5 Å². The van der Waals surface area contributed by atoms with Crippen molar-refractivity contribution < 1.29 is 9.47 Å². The fraction of sp³-hybridized carbons (Fsp3) is 0.158. The van der Waals surface area contributed by atoms with Crippen LogP contribution in [0.25, 0.3) is 16.6 Å². The number of nitrogens with zero attached hydrogens (tertiary/aromatic N) is 5. The molecule has 0 saturated carbocycles. The van der Waals surface area contributed by atoms with Gasteiger partial charge < -0.3 is 14.0 Å². The van der Waals surface area contributed by atoms with E-state index in [-0.39, 0.29) is 12.2 Å². The summed E-state index contributed by atoms with van der Waals surface area (Å²) in [6, 6.07) is 10.7. The third kappa shape index (κ3) is 3.24. The summed E-state index contributed by atoms with van der Waals surface area (Å²) < 4.78 is 14.4. The summed E-state index contributed by atoms with van der Waals surface area (Å²) >= 11 is 0. The zero-order chi connectivity index (χ0) is 18.8. The molecule has 0 atom stereocenters. The molecule has 0 N–H and O–H groups in total.